The molecule has 0 aliphatic carbocycles. The minimum absolute atomic E-state index is 0.134. The molecule has 1 N–H and O–H groups in total. The lowest BCUT2D eigenvalue weighted by Crippen LogP contribution is -2.11. The minimum Gasteiger partial charge on any atom is -0.459 e. The Labute approximate surface area is 153 Å². The molecule has 5 nitrogen and oxygen atoms in total. The van der Waals surface area contributed by atoms with E-state index in [0.717, 1.165) is 26.0 Å². The molecule has 0 unspecified atom stereocenters. The van der Waals surface area contributed by atoms with Gasteiger partial charge in [0.05, 0.1) is 17.2 Å². The Morgan fingerprint density at radius 2 is 1.88 bits per heavy atom. The molecule has 0 spiro atoms. The van der Waals surface area contributed by atoms with Crippen molar-refractivity contribution >= 4 is 51.0 Å². The number of rotatable bonds is 4. The van der Waals surface area contributed by atoms with Crippen molar-refractivity contribution in [1.29, 1.82) is 0 Å². The van der Waals surface area contributed by atoms with Gasteiger partial charge in [-0.1, -0.05) is 0 Å². The Morgan fingerprint density at radius 3 is 2.58 bits per heavy atom. The first-order valence-electron chi connectivity index (χ1n) is 7.51. The van der Waals surface area contributed by atoms with Crippen LogP contribution < -0.4 is 5.32 Å². The average molecular weight is 433 g/mol. The van der Waals surface area contributed by atoms with Gasteiger partial charge >= 0.3 is 5.97 Å². The van der Waals surface area contributed by atoms with Crippen molar-refractivity contribution in [2.24, 2.45) is 0 Å². The second-order valence-electron chi connectivity index (χ2n) is 5.54. The highest BCUT2D eigenvalue weighted by Gasteiger charge is 2.09. The zero-order chi connectivity index (χ0) is 17.1. The van der Waals surface area contributed by atoms with Crippen LogP contribution in [0.5, 0.6) is 0 Å². The summed E-state index contributed by atoms with van der Waals surface area (Å²) in [5.74, 6) is 0.412. The summed E-state index contributed by atoms with van der Waals surface area (Å²) in [6, 6.07) is 13.1. The van der Waals surface area contributed by atoms with Gasteiger partial charge in [0.1, 0.15) is 12.1 Å². The molecule has 0 bridgehead atoms. The lowest BCUT2D eigenvalue weighted by molar-refractivity contribution is 0.0378. The van der Waals surface area contributed by atoms with Crippen molar-refractivity contribution in [3.8, 4) is 0 Å². The summed E-state index contributed by atoms with van der Waals surface area (Å²) in [4.78, 5) is 20.5. The fraction of sp³-hybridized carbons (Fsp3) is 0.167. The smallest absolute Gasteiger partial charge is 0.338 e. The number of ether oxygens (including phenoxy) is 1. The van der Waals surface area contributed by atoms with Gasteiger partial charge < -0.3 is 10.1 Å². The number of nitrogens with zero attached hydrogens (tertiary/aromatic N) is 2. The van der Waals surface area contributed by atoms with E-state index in [4.69, 9.17) is 4.74 Å². The molecule has 122 valence electrons. The van der Waals surface area contributed by atoms with Crippen LogP contribution in [-0.2, 0) is 4.74 Å². The molecule has 1 aromatic heterocycles. The van der Waals surface area contributed by atoms with Crippen molar-refractivity contribution in [2.45, 2.75) is 20.0 Å². The number of anilines is 2. The molecule has 0 aliphatic heterocycles. The van der Waals surface area contributed by atoms with Crippen LogP contribution in [0.15, 0.2) is 48.8 Å². The molecule has 3 rings (SSSR count). The lowest BCUT2D eigenvalue weighted by Gasteiger charge is -2.10. The van der Waals surface area contributed by atoms with Gasteiger partial charge in [0.15, 0.2) is 0 Å². The van der Waals surface area contributed by atoms with Gasteiger partial charge in [0.25, 0.3) is 0 Å². The maximum Gasteiger partial charge on any atom is 0.338 e. The number of aromatic nitrogens is 2. The molecule has 1 heterocycles. The fourth-order valence-electron chi connectivity index (χ4n) is 2.24. The second kappa shape index (κ2) is 7.12. The van der Waals surface area contributed by atoms with E-state index in [-0.39, 0.29) is 12.1 Å². The van der Waals surface area contributed by atoms with Gasteiger partial charge in [0, 0.05) is 14.6 Å². The fourth-order valence-corrected chi connectivity index (χ4v) is 2.73. The Hall–Kier alpha value is -2.22. The minimum atomic E-state index is -0.321. The number of carbonyl (C=O) groups excluding carboxylic acids is 1. The monoisotopic (exact) mass is 433 g/mol. The topological polar surface area (TPSA) is 64.1 Å². The van der Waals surface area contributed by atoms with E-state index in [1.54, 1.807) is 12.1 Å². The molecule has 0 saturated heterocycles. The third-order valence-electron chi connectivity index (χ3n) is 3.32. The molecule has 6 heteroatoms. The quantitative estimate of drug-likeness (QED) is 0.484. The predicted octanol–water partition coefficient (Wildman–Crippen LogP) is 4.54. The van der Waals surface area contributed by atoms with Crippen LogP contribution in [0.2, 0.25) is 0 Å². The van der Waals surface area contributed by atoms with Crippen LogP contribution >= 0.6 is 22.6 Å². The Balaban J connectivity index is 1.84. The molecule has 3 aromatic rings. The van der Waals surface area contributed by atoms with Crippen LogP contribution in [-0.4, -0.2) is 22.0 Å². The van der Waals surface area contributed by atoms with Crippen LogP contribution in [0.3, 0.4) is 0 Å². The second-order valence-corrected chi connectivity index (χ2v) is 6.79. The Bertz CT molecular complexity index is 879. The summed E-state index contributed by atoms with van der Waals surface area (Å²) in [6.45, 7) is 3.66. The maximum atomic E-state index is 11.9. The van der Waals surface area contributed by atoms with Gasteiger partial charge in [-0.3, -0.25) is 0 Å². The number of nitrogens with one attached hydrogen (secondary N) is 1. The van der Waals surface area contributed by atoms with E-state index >= 15 is 0 Å². The van der Waals surface area contributed by atoms with Crippen LogP contribution in [0.4, 0.5) is 11.5 Å². The van der Waals surface area contributed by atoms with E-state index in [1.165, 1.54) is 6.33 Å². The van der Waals surface area contributed by atoms with Crippen LogP contribution in [0, 0.1) is 3.57 Å². The molecule has 0 fully saturated rings. The van der Waals surface area contributed by atoms with Crippen molar-refractivity contribution in [1.82, 2.24) is 9.97 Å². The maximum absolute atomic E-state index is 11.9. The standard InChI is InChI=1S/C18H16IN3O2/c1-11(2)24-18(23)12-3-6-14(7-4-12)22-17-15-9-13(19)5-8-16(15)20-10-21-17/h3-11H,1-2H3,(H,20,21,22). The van der Waals surface area contributed by atoms with Gasteiger partial charge in [-0.2, -0.15) is 0 Å². The summed E-state index contributed by atoms with van der Waals surface area (Å²) in [5, 5.41) is 4.23. The van der Waals surface area contributed by atoms with Crippen LogP contribution in [0.1, 0.15) is 24.2 Å². The number of fused-ring (bicyclic) bond motifs is 1. The summed E-state index contributed by atoms with van der Waals surface area (Å²) in [5.41, 5.74) is 2.25. The van der Waals surface area contributed by atoms with E-state index < -0.39 is 0 Å². The van der Waals surface area contributed by atoms with Crippen molar-refractivity contribution < 1.29 is 9.53 Å². The molecule has 0 radical (unpaired) electrons. The zero-order valence-electron chi connectivity index (χ0n) is 13.3. The van der Waals surface area contributed by atoms with Gasteiger partial charge in [0.2, 0.25) is 0 Å². The number of hydrogen-bond acceptors (Lipinski definition) is 5. The third-order valence-corrected chi connectivity index (χ3v) is 3.99. The molecule has 2 aromatic carbocycles. The SMILES string of the molecule is CC(C)OC(=O)c1ccc(Nc2ncnc3ccc(I)cc23)cc1. The highest BCUT2D eigenvalue weighted by Crippen LogP contribution is 2.24. The predicted molar refractivity (Wildman–Crippen MR) is 103 cm³/mol. The zero-order valence-corrected chi connectivity index (χ0v) is 15.4. The van der Waals surface area contributed by atoms with Gasteiger partial charge in [-0.05, 0) is 78.9 Å². The first-order chi connectivity index (χ1) is 11.5. The Morgan fingerprint density at radius 1 is 1.12 bits per heavy atom. The average Bonchev–Trinajstić information content (AvgIpc) is 2.55. The molecule has 24 heavy (non-hydrogen) atoms. The van der Waals surface area contributed by atoms with E-state index in [1.807, 2.05) is 44.2 Å². The number of esters is 1. The molecule has 0 aliphatic rings. The number of benzene rings is 2. The van der Waals surface area contributed by atoms with Gasteiger partial charge in [-0.25, -0.2) is 14.8 Å². The highest BCUT2D eigenvalue weighted by atomic mass is 127. The van der Waals surface area contributed by atoms with Crippen molar-refractivity contribution in [3.05, 3.63) is 57.9 Å². The molecular formula is C18H16IN3O2. The normalized spacial score (nSPS) is 10.8. The Kier molecular flexibility index (Phi) is 4.94. The first kappa shape index (κ1) is 16.6. The summed E-state index contributed by atoms with van der Waals surface area (Å²) >= 11 is 2.26. The molecular weight excluding hydrogens is 417 g/mol. The van der Waals surface area contributed by atoms with Gasteiger partial charge in [-0.15, -0.1) is 0 Å². The van der Waals surface area contributed by atoms with E-state index in [2.05, 4.69) is 37.9 Å². The largest absolute Gasteiger partial charge is 0.459 e. The lowest BCUT2D eigenvalue weighted by atomic mass is 10.2. The van der Waals surface area contributed by atoms with Crippen molar-refractivity contribution in [3.63, 3.8) is 0 Å². The summed E-state index contributed by atoms with van der Waals surface area (Å²) in [7, 11) is 0. The number of hydrogen-bond donors (Lipinski definition) is 1. The first-order valence-corrected chi connectivity index (χ1v) is 8.59. The van der Waals surface area contributed by atoms with E-state index in [9.17, 15) is 4.79 Å². The summed E-state index contributed by atoms with van der Waals surface area (Å²) < 4.78 is 6.30. The molecule has 0 saturated carbocycles. The molecule has 0 amide bonds. The number of halogens is 1. The van der Waals surface area contributed by atoms with E-state index in [0.29, 0.717) is 5.56 Å². The van der Waals surface area contributed by atoms with Crippen molar-refractivity contribution in [2.75, 3.05) is 5.32 Å². The third kappa shape index (κ3) is 3.81. The van der Waals surface area contributed by atoms with Crippen LogP contribution in [0.25, 0.3) is 10.9 Å². The molecule has 0 atom stereocenters. The summed E-state index contributed by atoms with van der Waals surface area (Å²) in [6.07, 6.45) is 1.40. The number of carbonyl (C=O) groups is 1. The highest BCUT2D eigenvalue weighted by molar-refractivity contribution is 14.1.